The van der Waals surface area contributed by atoms with Gasteiger partial charge in [0.2, 0.25) is 17.7 Å². The number of aliphatic hydroxyl groups is 1. The average molecular weight is 1010 g/mol. The summed E-state index contributed by atoms with van der Waals surface area (Å²) in [5.41, 5.74) is 4.00. The van der Waals surface area contributed by atoms with Crippen molar-refractivity contribution >= 4 is 46.6 Å². The average Bonchev–Trinajstić information content (AvgIpc) is 3.95. The second-order valence-corrected chi connectivity index (χ2v) is 21.5. The number of carbonyl (C=O) groups is 4. The lowest BCUT2D eigenvalue weighted by atomic mass is 9.49. The van der Waals surface area contributed by atoms with Gasteiger partial charge in [0.25, 0.3) is 5.91 Å². The van der Waals surface area contributed by atoms with Gasteiger partial charge in [-0.3, -0.25) is 19.2 Å². The molecular weight excluding hydrogens is 944 g/mol. The Morgan fingerprint density at radius 1 is 0.915 bits per heavy atom. The van der Waals surface area contributed by atoms with Gasteiger partial charge in [-0.15, -0.1) is 11.3 Å². The third-order valence-electron chi connectivity index (χ3n) is 13.0. The van der Waals surface area contributed by atoms with Gasteiger partial charge >= 0.3 is 0 Å². The first kappa shape index (κ1) is 52.3. The van der Waals surface area contributed by atoms with E-state index < -0.39 is 46.2 Å². The van der Waals surface area contributed by atoms with Crippen molar-refractivity contribution in [2.45, 2.75) is 98.7 Å². The van der Waals surface area contributed by atoms with Crippen LogP contribution in [0.3, 0.4) is 0 Å². The third-order valence-corrected chi connectivity index (χ3v) is 14.3. The van der Waals surface area contributed by atoms with Crippen LogP contribution in [0, 0.1) is 34.5 Å². The molecule has 1 aromatic heterocycles. The summed E-state index contributed by atoms with van der Waals surface area (Å²) in [6.45, 7) is 15.7. The molecule has 71 heavy (non-hydrogen) atoms. The summed E-state index contributed by atoms with van der Waals surface area (Å²) < 4.78 is 23.8. The third kappa shape index (κ3) is 12.3. The van der Waals surface area contributed by atoms with E-state index in [1.807, 2.05) is 52.0 Å². The second-order valence-electron chi connectivity index (χ2n) is 20.2. The fourth-order valence-corrected chi connectivity index (χ4v) is 10.6. The number of carbonyl (C=O) groups excluding carboxylic acids is 4. The predicted molar refractivity (Wildman–Crippen MR) is 270 cm³/mol. The van der Waals surface area contributed by atoms with Crippen molar-refractivity contribution in [3.8, 4) is 39.5 Å². The zero-order chi connectivity index (χ0) is 51.3. The Morgan fingerprint density at radius 2 is 1.55 bits per heavy atom. The molecule has 0 bridgehead atoms. The number of likely N-dealkylation sites (tertiary alicyclic amines) is 1. The van der Waals surface area contributed by atoms with Crippen molar-refractivity contribution in [1.29, 1.82) is 5.26 Å². The highest BCUT2D eigenvalue weighted by Crippen LogP contribution is 2.55. The van der Waals surface area contributed by atoms with Crippen molar-refractivity contribution in [2.24, 2.45) is 16.2 Å². The van der Waals surface area contributed by atoms with E-state index >= 15 is 0 Å². The van der Waals surface area contributed by atoms with Crippen LogP contribution in [0.2, 0.25) is 5.02 Å². The number of aryl methyl sites for hydroxylation is 1. The van der Waals surface area contributed by atoms with E-state index in [4.69, 9.17) is 30.5 Å². The number of ether oxygens (including phenoxy) is 4. The van der Waals surface area contributed by atoms with Crippen LogP contribution >= 0.6 is 22.9 Å². The van der Waals surface area contributed by atoms with E-state index in [2.05, 4.69) is 54.7 Å². The van der Waals surface area contributed by atoms with Gasteiger partial charge in [0.1, 0.15) is 60.5 Å². The molecule has 4 amide bonds. The van der Waals surface area contributed by atoms with Crippen molar-refractivity contribution in [1.82, 2.24) is 25.8 Å². The maximum Gasteiger partial charge on any atom is 0.251 e. The van der Waals surface area contributed by atoms with Gasteiger partial charge in [0.15, 0.2) is 0 Å². The Kier molecular flexibility index (Phi) is 16.1. The minimum atomic E-state index is -0.993. The zero-order valence-corrected chi connectivity index (χ0v) is 42.8. The highest BCUT2D eigenvalue weighted by molar-refractivity contribution is 7.13. The van der Waals surface area contributed by atoms with Crippen LogP contribution in [-0.4, -0.2) is 95.3 Å². The number of rotatable bonds is 18. The van der Waals surface area contributed by atoms with Crippen LogP contribution in [0.5, 0.6) is 23.0 Å². The lowest BCUT2D eigenvalue weighted by molar-refractivity contribution is -0.164. The predicted octanol–water partition coefficient (Wildman–Crippen LogP) is 8.25. The second kappa shape index (κ2) is 21.9. The highest BCUT2D eigenvalue weighted by Gasteiger charge is 2.64. The minimum Gasteiger partial charge on any atom is -0.491 e. The van der Waals surface area contributed by atoms with Crippen molar-refractivity contribution < 1.29 is 43.2 Å². The molecule has 1 saturated carbocycles. The summed E-state index contributed by atoms with van der Waals surface area (Å²) in [6.07, 6.45) is -1.03. The molecule has 7 rings (SSSR count). The Bertz CT molecular complexity index is 2730. The lowest BCUT2D eigenvalue weighted by Crippen LogP contribution is -2.74. The first-order valence-corrected chi connectivity index (χ1v) is 24.7. The molecule has 0 radical (unpaired) electrons. The summed E-state index contributed by atoms with van der Waals surface area (Å²) in [4.78, 5) is 60.7. The Hall–Kier alpha value is -6.51. The van der Waals surface area contributed by atoms with Gasteiger partial charge in [-0.05, 0) is 84.1 Å². The Morgan fingerprint density at radius 3 is 2.15 bits per heavy atom. The molecule has 2 fully saturated rings. The number of nitrogens with zero attached hydrogens (tertiary/aromatic N) is 3. The Balaban J connectivity index is 0.823. The maximum atomic E-state index is 14.0. The molecule has 374 valence electrons. The summed E-state index contributed by atoms with van der Waals surface area (Å²) in [5, 5.41) is 29.0. The normalized spacial score (nSPS) is 19.4. The fraction of sp³-hybridized carbons (Fsp3) is 0.407. The van der Waals surface area contributed by atoms with E-state index in [0.717, 1.165) is 21.7 Å². The van der Waals surface area contributed by atoms with Crippen LogP contribution in [0.1, 0.15) is 82.1 Å². The van der Waals surface area contributed by atoms with Crippen molar-refractivity contribution in [3.63, 3.8) is 0 Å². The number of aromatic nitrogens is 1. The van der Waals surface area contributed by atoms with Gasteiger partial charge in [-0.2, -0.15) is 5.26 Å². The number of β-amino-alcohol motifs (C(OH)–C–C–N with tert-alkyl or cyclic N) is 1. The van der Waals surface area contributed by atoms with Gasteiger partial charge in [-0.1, -0.05) is 84.3 Å². The highest BCUT2D eigenvalue weighted by atomic mass is 35.5. The number of thiazole rings is 1. The van der Waals surface area contributed by atoms with Crippen LogP contribution in [0.4, 0.5) is 0 Å². The number of nitriles is 1. The van der Waals surface area contributed by atoms with E-state index in [-0.39, 0.29) is 63.3 Å². The quantitative estimate of drug-likeness (QED) is 0.0616. The monoisotopic (exact) mass is 1000 g/mol. The fourth-order valence-electron chi connectivity index (χ4n) is 9.59. The van der Waals surface area contributed by atoms with Gasteiger partial charge in [0.05, 0.1) is 39.4 Å². The van der Waals surface area contributed by atoms with Crippen LogP contribution in [0.15, 0.2) is 96.5 Å². The number of hydrogen-bond donors (Lipinski definition) is 4. The maximum absolute atomic E-state index is 14.0. The van der Waals surface area contributed by atoms with Crippen LogP contribution < -0.4 is 30.2 Å². The topological polar surface area (TPSA) is 201 Å². The number of aliphatic hydroxyl groups excluding tert-OH is 1. The molecule has 0 unspecified atom stereocenters. The van der Waals surface area contributed by atoms with Gasteiger partial charge in [0, 0.05) is 48.0 Å². The van der Waals surface area contributed by atoms with Crippen LogP contribution in [-0.2, 0) is 25.7 Å². The van der Waals surface area contributed by atoms with E-state index in [9.17, 15) is 29.5 Å². The zero-order valence-electron chi connectivity index (χ0n) is 41.2. The lowest BCUT2D eigenvalue weighted by Gasteiger charge is -2.63. The van der Waals surface area contributed by atoms with E-state index in [1.165, 1.54) is 4.90 Å². The van der Waals surface area contributed by atoms with Crippen molar-refractivity contribution in [3.05, 3.63) is 124 Å². The molecule has 1 aliphatic carbocycles. The first-order chi connectivity index (χ1) is 33.6. The Labute approximate surface area is 423 Å². The van der Waals surface area contributed by atoms with Gasteiger partial charge < -0.3 is 44.9 Å². The summed E-state index contributed by atoms with van der Waals surface area (Å²) in [7, 11) is 0. The molecule has 3 atom stereocenters. The number of halogens is 1. The SMILES string of the molecule is Cc1ncsc1-c1ccc(CNC(=O)[C@@H]2C[C@@H](O)CN2C(=O)[C@@H](NC(=O)COCCOc2ccc(Oc3ccc(C(=O)N[C@H]4C(C)(C)[C@H](Oc5ccc(C#N)c(Cl)c5)C4(C)C)cc3)cc2)C(C)(C)C)cc1. The molecule has 0 spiro atoms. The van der Waals surface area contributed by atoms with E-state index in [1.54, 1.807) is 83.6 Å². The summed E-state index contributed by atoms with van der Waals surface area (Å²) in [5.74, 6) is 0.633. The standard InChI is InChI=1S/C54H61ClN6O9S/c1-32-45(71-31-58-32)34-11-9-33(10-12-34)28-57-48(65)43-25-37(62)29-61(43)49(66)46(52(2,3)4)59-44(63)30-67-23-24-68-38-19-21-40(22-20-38)69-39-16-13-35(14-17-39)47(64)60-50-53(5,6)51(54(50,7)8)70-41-18-15-36(27-56)42(55)26-41/h9-22,26,31,37,43,46,50-51,62H,23-25,28-30H2,1-8H3,(H,57,65)(H,59,63)(H,60,64)/t37-,43+,46-,50-,51-/m1/s1. The van der Waals surface area contributed by atoms with Crippen LogP contribution in [0.25, 0.3) is 10.4 Å². The van der Waals surface area contributed by atoms with Crippen molar-refractivity contribution in [2.75, 3.05) is 26.4 Å². The molecule has 1 saturated heterocycles. The smallest absolute Gasteiger partial charge is 0.251 e. The molecule has 1 aliphatic heterocycles. The molecular formula is C54H61ClN6O9S. The summed E-state index contributed by atoms with van der Waals surface area (Å²) in [6, 6.07) is 26.6. The number of nitrogens with one attached hydrogen (secondary N) is 3. The number of amides is 4. The van der Waals surface area contributed by atoms with Gasteiger partial charge in [-0.25, -0.2) is 4.98 Å². The minimum absolute atomic E-state index is 0.0330. The molecule has 15 nitrogen and oxygen atoms in total. The molecule has 17 heteroatoms. The first-order valence-electron chi connectivity index (χ1n) is 23.5. The molecule has 2 aliphatic rings. The summed E-state index contributed by atoms with van der Waals surface area (Å²) >= 11 is 7.81. The number of benzene rings is 4. The molecule has 5 aromatic rings. The largest absolute Gasteiger partial charge is 0.491 e. The number of hydrogen-bond acceptors (Lipinski definition) is 12. The van der Waals surface area contributed by atoms with E-state index in [0.29, 0.717) is 39.1 Å². The molecule has 4 N–H and O–H groups in total. The molecule has 2 heterocycles. The molecule has 4 aromatic carbocycles.